The van der Waals surface area contributed by atoms with Crippen molar-refractivity contribution >= 4 is 5.91 Å². The molecule has 1 aromatic rings. The Labute approximate surface area is 130 Å². The zero-order chi connectivity index (χ0) is 15.8. The number of hydrogen-bond acceptors (Lipinski definition) is 3. The molecule has 1 unspecified atom stereocenters. The fourth-order valence-electron chi connectivity index (χ4n) is 2.62. The van der Waals surface area contributed by atoms with E-state index in [2.05, 4.69) is 23.0 Å². The van der Waals surface area contributed by atoms with Gasteiger partial charge in [-0.15, -0.1) is 0 Å². The van der Waals surface area contributed by atoms with Crippen molar-refractivity contribution in [3.63, 3.8) is 0 Å². The fourth-order valence-corrected chi connectivity index (χ4v) is 2.62. The predicted molar refractivity (Wildman–Crippen MR) is 84.6 cm³/mol. The van der Waals surface area contributed by atoms with Crippen molar-refractivity contribution < 1.29 is 9.53 Å². The molecule has 2 rings (SSSR count). The Morgan fingerprint density at radius 1 is 1.50 bits per heavy atom. The van der Waals surface area contributed by atoms with Gasteiger partial charge in [-0.1, -0.05) is 24.2 Å². The van der Waals surface area contributed by atoms with Gasteiger partial charge in [-0.3, -0.25) is 4.79 Å². The van der Waals surface area contributed by atoms with E-state index in [-0.39, 0.29) is 11.8 Å². The first-order chi connectivity index (χ1) is 10.7. The van der Waals surface area contributed by atoms with E-state index in [1.54, 1.807) is 0 Å². The van der Waals surface area contributed by atoms with Crippen molar-refractivity contribution in [1.82, 2.24) is 4.90 Å². The Hall–Kier alpha value is -2.20. The number of benzene rings is 1. The van der Waals surface area contributed by atoms with Gasteiger partial charge in [0.2, 0.25) is 5.91 Å². The summed E-state index contributed by atoms with van der Waals surface area (Å²) in [6.07, 6.45) is 2.28. The molecule has 118 valence electrons. The molecule has 1 atom stereocenters. The maximum atomic E-state index is 11.9. The monoisotopic (exact) mass is 302 g/mol. The summed E-state index contributed by atoms with van der Waals surface area (Å²) in [6, 6.07) is 8.02. The van der Waals surface area contributed by atoms with Gasteiger partial charge in [0.05, 0.1) is 6.61 Å². The smallest absolute Gasteiger partial charge is 0.222 e. The molecular weight excluding hydrogens is 280 g/mol. The number of hydrogen-bond donors (Lipinski definition) is 0. The quantitative estimate of drug-likeness (QED) is 0.420. The summed E-state index contributed by atoms with van der Waals surface area (Å²) in [5.41, 5.74) is 9.51. The SMILES string of the molecule is CCCOc1cccc(CCN2CC(CN=[N+]=[N-])CC2=O)c1. The number of carbonyl (C=O) groups excluding carboxylic acids is 1. The van der Waals surface area contributed by atoms with Crippen LogP contribution in [-0.2, 0) is 11.2 Å². The van der Waals surface area contributed by atoms with Crippen LogP contribution in [0.1, 0.15) is 25.3 Å². The molecule has 1 amide bonds. The number of ether oxygens (including phenoxy) is 1. The van der Waals surface area contributed by atoms with Crippen molar-refractivity contribution in [1.29, 1.82) is 0 Å². The largest absolute Gasteiger partial charge is 0.494 e. The molecule has 0 N–H and O–H groups in total. The molecular formula is C16H22N4O2. The molecule has 1 saturated heterocycles. The molecule has 0 bridgehead atoms. The van der Waals surface area contributed by atoms with Crippen molar-refractivity contribution in [2.45, 2.75) is 26.2 Å². The van der Waals surface area contributed by atoms with Crippen LogP contribution < -0.4 is 4.74 Å². The average molecular weight is 302 g/mol. The molecule has 22 heavy (non-hydrogen) atoms. The minimum absolute atomic E-state index is 0.150. The van der Waals surface area contributed by atoms with Crippen LogP contribution in [0.15, 0.2) is 29.4 Å². The fraction of sp³-hybridized carbons (Fsp3) is 0.562. The zero-order valence-electron chi connectivity index (χ0n) is 12.9. The minimum atomic E-state index is 0.150. The lowest BCUT2D eigenvalue weighted by molar-refractivity contribution is -0.127. The summed E-state index contributed by atoms with van der Waals surface area (Å²) in [6.45, 7) is 4.58. The lowest BCUT2D eigenvalue weighted by Gasteiger charge is -2.16. The third-order valence-electron chi connectivity index (χ3n) is 3.74. The van der Waals surface area contributed by atoms with Crippen molar-refractivity contribution in [2.75, 3.05) is 26.2 Å². The normalized spacial score (nSPS) is 17.4. The molecule has 1 aromatic carbocycles. The Morgan fingerprint density at radius 2 is 2.36 bits per heavy atom. The summed E-state index contributed by atoms with van der Waals surface area (Å²) >= 11 is 0. The van der Waals surface area contributed by atoms with Gasteiger partial charge in [-0.25, -0.2) is 0 Å². The van der Waals surface area contributed by atoms with Crippen LogP contribution in [0.2, 0.25) is 0 Å². The predicted octanol–water partition coefficient (Wildman–Crippen LogP) is 3.18. The Morgan fingerprint density at radius 3 is 3.14 bits per heavy atom. The van der Waals surface area contributed by atoms with Gasteiger partial charge in [0.25, 0.3) is 0 Å². The molecule has 0 aromatic heterocycles. The summed E-state index contributed by atoms with van der Waals surface area (Å²) in [7, 11) is 0. The van der Waals surface area contributed by atoms with E-state index >= 15 is 0 Å². The van der Waals surface area contributed by atoms with Gasteiger partial charge in [0, 0.05) is 31.0 Å². The highest BCUT2D eigenvalue weighted by Crippen LogP contribution is 2.20. The van der Waals surface area contributed by atoms with Gasteiger partial charge in [-0.2, -0.15) is 0 Å². The molecule has 1 fully saturated rings. The summed E-state index contributed by atoms with van der Waals surface area (Å²) in [5.74, 6) is 1.19. The highest BCUT2D eigenvalue weighted by molar-refractivity contribution is 5.78. The van der Waals surface area contributed by atoms with Crippen LogP contribution in [0.4, 0.5) is 0 Å². The van der Waals surface area contributed by atoms with Crippen LogP contribution >= 0.6 is 0 Å². The number of amides is 1. The topological polar surface area (TPSA) is 78.3 Å². The van der Waals surface area contributed by atoms with Gasteiger partial charge in [0.15, 0.2) is 0 Å². The second kappa shape index (κ2) is 8.29. The first-order valence-corrected chi connectivity index (χ1v) is 7.73. The number of carbonyl (C=O) groups is 1. The maximum absolute atomic E-state index is 11.9. The Balaban J connectivity index is 1.85. The van der Waals surface area contributed by atoms with E-state index in [0.29, 0.717) is 26.1 Å². The third kappa shape index (κ3) is 4.67. The number of nitrogens with zero attached hydrogens (tertiary/aromatic N) is 4. The standard InChI is InChI=1S/C16H22N4O2/c1-2-8-22-15-5-3-4-13(9-15)6-7-20-12-14(10-16(20)21)11-18-19-17/h3-5,9,14H,2,6-8,10-12H2,1H3. The lowest BCUT2D eigenvalue weighted by Crippen LogP contribution is -2.27. The first kappa shape index (κ1) is 16.2. The zero-order valence-corrected chi connectivity index (χ0v) is 12.9. The van der Waals surface area contributed by atoms with Gasteiger partial charge in [-0.05, 0) is 42.0 Å². The average Bonchev–Trinajstić information content (AvgIpc) is 2.89. The van der Waals surface area contributed by atoms with Crippen molar-refractivity contribution in [2.24, 2.45) is 11.0 Å². The van der Waals surface area contributed by atoms with Crippen LogP contribution in [0.3, 0.4) is 0 Å². The van der Waals surface area contributed by atoms with E-state index in [4.69, 9.17) is 10.3 Å². The Kier molecular flexibility index (Phi) is 6.10. The van der Waals surface area contributed by atoms with Crippen molar-refractivity contribution in [3.05, 3.63) is 40.3 Å². The highest BCUT2D eigenvalue weighted by atomic mass is 16.5. The molecule has 1 heterocycles. The summed E-state index contributed by atoms with van der Waals surface area (Å²) < 4.78 is 5.62. The molecule has 0 radical (unpaired) electrons. The van der Waals surface area contributed by atoms with E-state index in [0.717, 1.165) is 25.2 Å². The molecule has 6 nitrogen and oxygen atoms in total. The van der Waals surface area contributed by atoms with E-state index in [1.165, 1.54) is 5.56 Å². The van der Waals surface area contributed by atoms with E-state index in [1.807, 2.05) is 23.1 Å². The molecule has 0 aliphatic carbocycles. The second-order valence-corrected chi connectivity index (χ2v) is 5.57. The minimum Gasteiger partial charge on any atom is -0.494 e. The van der Waals surface area contributed by atoms with Crippen LogP contribution in [0.5, 0.6) is 5.75 Å². The number of rotatable bonds is 8. The second-order valence-electron chi connectivity index (χ2n) is 5.57. The van der Waals surface area contributed by atoms with Gasteiger partial charge < -0.3 is 9.64 Å². The van der Waals surface area contributed by atoms with Crippen molar-refractivity contribution in [3.8, 4) is 5.75 Å². The first-order valence-electron chi connectivity index (χ1n) is 7.73. The highest BCUT2D eigenvalue weighted by Gasteiger charge is 2.28. The lowest BCUT2D eigenvalue weighted by atomic mass is 10.1. The van der Waals surface area contributed by atoms with Gasteiger partial charge >= 0.3 is 0 Å². The third-order valence-corrected chi connectivity index (χ3v) is 3.74. The van der Waals surface area contributed by atoms with E-state index in [9.17, 15) is 4.79 Å². The molecule has 0 saturated carbocycles. The van der Waals surface area contributed by atoms with E-state index < -0.39 is 0 Å². The molecule has 1 aliphatic rings. The maximum Gasteiger partial charge on any atom is 0.222 e. The molecule has 1 aliphatic heterocycles. The number of likely N-dealkylation sites (tertiary alicyclic amines) is 1. The van der Waals surface area contributed by atoms with Gasteiger partial charge in [0.1, 0.15) is 5.75 Å². The summed E-state index contributed by atoms with van der Waals surface area (Å²) in [4.78, 5) is 16.6. The van der Waals surface area contributed by atoms with Crippen LogP contribution in [0, 0.1) is 5.92 Å². The Bertz CT molecular complexity index is 555. The van der Waals surface area contributed by atoms with Crippen LogP contribution in [0.25, 0.3) is 10.4 Å². The summed E-state index contributed by atoms with van der Waals surface area (Å²) in [5, 5.41) is 3.57. The molecule has 6 heteroatoms. The van der Waals surface area contributed by atoms with Crippen LogP contribution in [-0.4, -0.2) is 37.0 Å². The number of azide groups is 1. The molecule has 0 spiro atoms.